The Labute approximate surface area is 108 Å². The fourth-order valence-corrected chi connectivity index (χ4v) is 2.64. The third-order valence-corrected chi connectivity index (χ3v) is 3.37. The van der Waals surface area contributed by atoms with Gasteiger partial charge in [0.1, 0.15) is 10.6 Å². The summed E-state index contributed by atoms with van der Waals surface area (Å²) in [4.78, 5) is 21.2. The van der Waals surface area contributed by atoms with Crippen molar-refractivity contribution in [3.05, 3.63) is 10.9 Å². The highest BCUT2D eigenvalue weighted by molar-refractivity contribution is 7.18. The second-order valence-electron chi connectivity index (χ2n) is 4.22. The zero-order valence-corrected chi connectivity index (χ0v) is 11.0. The molecule has 0 fully saturated rings. The Morgan fingerprint density at radius 1 is 1.56 bits per heavy atom. The van der Waals surface area contributed by atoms with Gasteiger partial charge in [-0.25, -0.2) is 4.98 Å². The molecule has 0 radical (unpaired) electrons. The molecule has 0 bridgehead atoms. The van der Waals surface area contributed by atoms with E-state index in [1.165, 1.54) is 0 Å². The number of hydrogen-bond acceptors (Lipinski definition) is 6. The van der Waals surface area contributed by atoms with Crippen LogP contribution in [0, 0.1) is 6.92 Å². The molecular weight excluding hydrogens is 250 g/mol. The van der Waals surface area contributed by atoms with Gasteiger partial charge in [-0.2, -0.15) is 4.98 Å². The van der Waals surface area contributed by atoms with Gasteiger partial charge in [-0.05, 0) is 19.9 Å². The topological polar surface area (TPSA) is 107 Å². The number of nitrogens with one attached hydrogen (secondary N) is 1. The average Bonchev–Trinajstić information content (AvgIpc) is 2.56. The molecule has 2 aromatic heterocycles. The minimum absolute atomic E-state index is 0.0970. The van der Waals surface area contributed by atoms with Crippen molar-refractivity contribution in [2.75, 3.05) is 11.1 Å². The van der Waals surface area contributed by atoms with Crippen molar-refractivity contribution in [3.8, 4) is 0 Å². The van der Waals surface area contributed by atoms with Gasteiger partial charge >= 0.3 is 0 Å². The number of anilines is 2. The number of thiophene rings is 1. The SMILES string of the molecule is Cc1cc2c(NC(C)CC(N)=O)nc(N)nc2s1. The molecule has 18 heavy (non-hydrogen) atoms. The molecule has 1 atom stereocenters. The third kappa shape index (κ3) is 2.67. The Hall–Kier alpha value is -1.89. The van der Waals surface area contributed by atoms with Crippen LogP contribution in [0.4, 0.5) is 11.8 Å². The minimum atomic E-state index is -0.352. The maximum Gasteiger partial charge on any atom is 0.223 e. The number of primary amides is 1. The van der Waals surface area contributed by atoms with Crippen molar-refractivity contribution in [3.63, 3.8) is 0 Å². The highest BCUT2D eigenvalue weighted by atomic mass is 32.1. The standard InChI is InChI=1S/C11H15N5OS/c1-5(3-8(12)17)14-9-7-4-6(2)18-10(7)16-11(13)15-9/h4-5H,3H2,1-2H3,(H2,12,17)(H3,13,14,15,16). The lowest BCUT2D eigenvalue weighted by Gasteiger charge is -2.13. The Bertz CT molecular complexity index is 594. The van der Waals surface area contributed by atoms with Crippen molar-refractivity contribution >= 4 is 39.2 Å². The number of carbonyl (C=O) groups excluding carboxylic acids is 1. The van der Waals surface area contributed by atoms with Gasteiger partial charge in [0, 0.05) is 17.3 Å². The van der Waals surface area contributed by atoms with Gasteiger partial charge in [0.25, 0.3) is 0 Å². The summed E-state index contributed by atoms with van der Waals surface area (Å²) in [6.07, 6.45) is 0.245. The van der Waals surface area contributed by atoms with Gasteiger partial charge in [-0.3, -0.25) is 4.79 Å². The first-order valence-corrected chi connectivity index (χ1v) is 6.36. The van der Waals surface area contributed by atoms with E-state index in [4.69, 9.17) is 11.5 Å². The van der Waals surface area contributed by atoms with Crippen molar-refractivity contribution in [2.45, 2.75) is 26.3 Å². The average molecular weight is 265 g/mol. The summed E-state index contributed by atoms with van der Waals surface area (Å²) in [5.41, 5.74) is 10.8. The van der Waals surface area contributed by atoms with Gasteiger partial charge in [-0.15, -0.1) is 11.3 Å². The van der Waals surface area contributed by atoms with Crippen LogP contribution >= 0.6 is 11.3 Å². The van der Waals surface area contributed by atoms with Crippen LogP contribution in [0.2, 0.25) is 0 Å². The molecular formula is C11H15N5OS. The Morgan fingerprint density at radius 3 is 2.94 bits per heavy atom. The monoisotopic (exact) mass is 265 g/mol. The van der Waals surface area contributed by atoms with Gasteiger partial charge in [0.15, 0.2) is 0 Å². The van der Waals surface area contributed by atoms with Crippen molar-refractivity contribution in [1.29, 1.82) is 0 Å². The van der Waals surface area contributed by atoms with Crippen molar-refractivity contribution in [2.24, 2.45) is 5.73 Å². The van der Waals surface area contributed by atoms with Crippen molar-refractivity contribution < 1.29 is 4.79 Å². The molecule has 2 aromatic rings. The quantitative estimate of drug-likeness (QED) is 0.771. The van der Waals surface area contributed by atoms with E-state index in [0.29, 0.717) is 5.82 Å². The number of aryl methyl sites for hydroxylation is 1. The number of nitrogens with zero attached hydrogens (tertiary/aromatic N) is 2. The predicted octanol–water partition coefficient (Wildman–Crippen LogP) is 1.26. The van der Waals surface area contributed by atoms with E-state index in [9.17, 15) is 4.79 Å². The summed E-state index contributed by atoms with van der Waals surface area (Å²) in [6, 6.07) is 1.90. The summed E-state index contributed by atoms with van der Waals surface area (Å²) in [6.45, 7) is 3.87. The highest BCUT2D eigenvalue weighted by Gasteiger charge is 2.12. The van der Waals surface area contributed by atoms with Gasteiger partial charge in [0.05, 0.1) is 5.39 Å². The van der Waals surface area contributed by atoms with Crippen LogP contribution in [-0.2, 0) is 4.79 Å². The molecule has 96 valence electrons. The number of nitrogens with two attached hydrogens (primary N) is 2. The van der Waals surface area contributed by atoms with Crippen LogP contribution in [0.5, 0.6) is 0 Å². The van der Waals surface area contributed by atoms with E-state index in [-0.39, 0.29) is 24.3 Å². The molecule has 0 aliphatic heterocycles. The number of fused-ring (bicyclic) bond motifs is 1. The fourth-order valence-electron chi connectivity index (χ4n) is 1.75. The van der Waals surface area contributed by atoms with Crippen LogP contribution in [0.25, 0.3) is 10.2 Å². The first kappa shape index (κ1) is 12.6. The van der Waals surface area contributed by atoms with E-state index in [2.05, 4.69) is 15.3 Å². The lowest BCUT2D eigenvalue weighted by molar-refractivity contribution is -0.118. The molecule has 0 saturated heterocycles. The molecule has 2 heterocycles. The van der Waals surface area contributed by atoms with Gasteiger partial charge in [0.2, 0.25) is 11.9 Å². The molecule has 0 aliphatic rings. The molecule has 7 heteroatoms. The van der Waals surface area contributed by atoms with E-state index in [0.717, 1.165) is 15.1 Å². The molecule has 0 aromatic carbocycles. The van der Waals surface area contributed by atoms with E-state index in [1.807, 2.05) is 19.9 Å². The van der Waals surface area contributed by atoms with E-state index in [1.54, 1.807) is 11.3 Å². The summed E-state index contributed by atoms with van der Waals surface area (Å²) >= 11 is 1.56. The van der Waals surface area contributed by atoms with Crippen LogP contribution in [0.1, 0.15) is 18.2 Å². The second kappa shape index (κ2) is 4.77. The Kier molecular flexibility index (Phi) is 3.33. The minimum Gasteiger partial charge on any atom is -0.370 e. The fraction of sp³-hybridized carbons (Fsp3) is 0.364. The van der Waals surface area contributed by atoms with E-state index >= 15 is 0 Å². The summed E-state index contributed by atoms with van der Waals surface area (Å²) < 4.78 is 0. The molecule has 2 rings (SSSR count). The van der Waals surface area contributed by atoms with Crippen LogP contribution < -0.4 is 16.8 Å². The molecule has 0 aliphatic carbocycles. The second-order valence-corrected chi connectivity index (χ2v) is 5.46. The smallest absolute Gasteiger partial charge is 0.223 e. The number of amides is 1. The molecule has 6 nitrogen and oxygen atoms in total. The summed E-state index contributed by atoms with van der Waals surface area (Å²) in [7, 11) is 0. The zero-order valence-electron chi connectivity index (χ0n) is 10.2. The first-order chi connectivity index (χ1) is 8.45. The van der Waals surface area contributed by atoms with Crippen LogP contribution in [0.15, 0.2) is 6.07 Å². The number of hydrogen-bond donors (Lipinski definition) is 3. The largest absolute Gasteiger partial charge is 0.370 e. The third-order valence-electron chi connectivity index (χ3n) is 2.42. The first-order valence-electron chi connectivity index (χ1n) is 5.54. The molecule has 1 amide bonds. The lowest BCUT2D eigenvalue weighted by Crippen LogP contribution is -2.24. The van der Waals surface area contributed by atoms with Gasteiger partial charge in [-0.1, -0.05) is 0 Å². The maximum atomic E-state index is 10.9. The molecule has 1 unspecified atom stereocenters. The maximum absolute atomic E-state index is 10.9. The van der Waals surface area contributed by atoms with Crippen LogP contribution in [-0.4, -0.2) is 21.9 Å². The van der Waals surface area contributed by atoms with Crippen molar-refractivity contribution in [1.82, 2.24) is 9.97 Å². The molecule has 5 N–H and O–H groups in total. The van der Waals surface area contributed by atoms with Crippen LogP contribution in [0.3, 0.4) is 0 Å². The number of aromatic nitrogens is 2. The van der Waals surface area contributed by atoms with E-state index < -0.39 is 0 Å². The number of nitrogen functional groups attached to an aromatic ring is 1. The lowest BCUT2D eigenvalue weighted by atomic mass is 10.2. The zero-order chi connectivity index (χ0) is 13.3. The highest BCUT2D eigenvalue weighted by Crippen LogP contribution is 2.29. The Morgan fingerprint density at radius 2 is 2.28 bits per heavy atom. The molecule has 0 saturated carbocycles. The number of carbonyl (C=O) groups is 1. The Balaban J connectivity index is 2.34. The van der Waals surface area contributed by atoms with Gasteiger partial charge < -0.3 is 16.8 Å². The molecule has 0 spiro atoms. The summed E-state index contributed by atoms with van der Waals surface area (Å²) in [5, 5.41) is 4.06. The normalized spacial score (nSPS) is 12.6. The predicted molar refractivity (Wildman–Crippen MR) is 73.5 cm³/mol. The summed E-state index contributed by atoms with van der Waals surface area (Å²) in [5.74, 6) is 0.517. The number of rotatable bonds is 4.